The third-order valence-electron chi connectivity index (χ3n) is 3.24. The van der Waals surface area contributed by atoms with Gasteiger partial charge in [-0.2, -0.15) is 0 Å². The number of nitrogens with zero attached hydrogens (tertiary/aromatic N) is 1. The number of methoxy groups -OCH3 is 1. The number of ether oxygens (including phenoxy) is 1. The fraction of sp³-hybridized carbons (Fsp3) is 0.500. The molecule has 2 rings (SSSR count). The summed E-state index contributed by atoms with van der Waals surface area (Å²) in [5.41, 5.74) is 2.64. The highest BCUT2D eigenvalue weighted by molar-refractivity contribution is 5.85. The van der Waals surface area contributed by atoms with E-state index in [2.05, 4.69) is 23.5 Å². The lowest BCUT2D eigenvalue weighted by Gasteiger charge is -2.29. The first-order valence-electron chi connectivity index (χ1n) is 6.35. The lowest BCUT2D eigenvalue weighted by atomic mass is 10.00. The third-order valence-corrected chi connectivity index (χ3v) is 3.24. The minimum atomic E-state index is 0. The second-order valence-electron chi connectivity index (χ2n) is 4.50. The van der Waals surface area contributed by atoms with E-state index < -0.39 is 0 Å². The molecule has 0 bridgehead atoms. The maximum Gasteiger partial charge on any atom is 0.236 e. The number of rotatable bonds is 5. The van der Waals surface area contributed by atoms with Crippen LogP contribution in [0.25, 0.3) is 0 Å². The van der Waals surface area contributed by atoms with Crippen molar-refractivity contribution < 1.29 is 9.53 Å². The summed E-state index contributed by atoms with van der Waals surface area (Å²) >= 11 is 0. The van der Waals surface area contributed by atoms with Crippen molar-refractivity contribution in [2.75, 3.05) is 33.4 Å². The van der Waals surface area contributed by atoms with Gasteiger partial charge in [0.2, 0.25) is 5.91 Å². The van der Waals surface area contributed by atoms with Crippen LogP contribution in [0.15, 0.2) is 24.3 Å². The summed E-state index contributed by atoms with van der Waals surface area (Å²) < 4.78 is 4.93. The molecule has 0 atom stereocenters. The normalized spacial score (nSPS) is 13.6. The van der Waals surface area contributed by atoms with Crippen molar-refractivity contribution in [1.82, 2.24) is 10.2 Å². The minimum absolute atomic E-state index is 0. The van der Waals surface area contributed by atoms with Gasteiger partial charge in [0.25, 0.3) is 0 Å². The molecule has 5 heteroatoms. The van der Waals surface area contributed by atoms with Gasteiger partial charge < -0.3 is 15.0 Å². The summed E-state index contributed by atoms with van der Waals surface area (Å²) in [5, 5.41) is 3.09. The van der Waals surface area contributed by atoms with Gasteiger partial charge in [0.1, 0.15) is 0 Å². The molecule has 0 radical (unpaired) electrons. The summed E-state index contributed by atoms with van der Waals surface area (Å²) in [7, 11) is 1.66. The fourth-order valence-corrected chi connectivity index (χ4v) is 2.19. The van der Waals surface area contributed by atoms with Crippen LogP contribution in [-0.2, 0) is 22.5 Å². The maximum atomic E-state index is 12.0. The summed E-state index contributed by atoms with van der Waals surface area (Å²) in [6.07, 6.45) is 0.958. The van der Waals surface area contributed by atoms with Crippen LogP contribution in [0.3, 0.4) is 0 Å². The van der Waals surface area contributed by atoms with Crippen LogP contribution in [-0.4, -0.2) is 44.2 Å². The second-order valence-corrected chi connectivity index (χ2v) is 4.50. The molecule has 0 saturated heterocycles. The standard InChI is InChI=1S/C14H20N2O2.ClH/c1-18-9-7-15-10-14(17)16-8-6-12-4-2-3-5-13(12)11-16;/h2-5,15H,6-11H2,1H3;1H. The van der Waals surface area contributed by atoms with E-state index in [1.807, 2.05) is 11.0 Å². The van der Waals surface area contributed by atoms with Gasteiger partial charge in [0, 0.05) is 26.7 Å². The fourth-order valence-electron chi connectivity index (χ4n) is 2.19. The molecule has 0 spiro atoms. The van der Waals surface area contributed by atoms with E-state index in [1.54, 1.807) is 7.11 Å². The predicted molar refractivity (Wildman–Crippen MR) is 77.6 cm³/mol. The average Bonchev–Trinajstić information content (AvgIpc) is 2.43. The Morgan fingerprint density at radius 3 is 2.84 bits per heavy atom. The number of amides is 1. The molecule has 19 heavy (non-hydrogen) atoms. The Bertz CT molecular complexity index is 412. The molecule has 1 aliphatic heterocycles. The molecule has 0 aliphatic carbocycles. The van der Waals surface area contributed by atoms with E-state index in [9.17, 15) is 4.79 Å². The zero-order valence-corrected chi connectivity index (χ0v) is 12.0. The van der Waals surface area contributed by atoms with Crippen LogP contribution < -0.4 is 5.32 Å². The molecule has 0 unspecified atom stereocenters. The average molecular weight is 285 g/mol. The van der Waals surface area contributed by atoms with Gasteiger partial charge in [-0.3, -0.25) is 4.79 Å². The number of carbonyl (C=O) groups is 1. The Labute approximate surface area is 120 Å². The first-order valence-corrected chi connectivity index (χ1v) is 6.35. The molecule has 0 aromatic heterocycles. The van der Waals surface area contributed by atoms with Gasteiger partial charge >= 0.3 is 0 Å². The maximum absolute atomic E-state index is 12.0. The topological polar surface area (TPSA) is 41.6 Å². The van der Waals surface area contributed by atoms with Crippen LogP contribution in [0, 0.1) is 0 Å². The lowest BCUT2D eigenvalue weighted by Crippen LogP contribution is -2.41. The van der Waals surface area contributed by atoms with Gasteiger partial charge in [-0.15, -0.1) is 12.4 Å². The third kappa shape index (κ3) is 4.49. The highest BCUT2D eigenvalue weighted by atomic mass is 35.5. The zero-order valence-electron chi connectivity index (χ0n) is 11.2. The van der Waals surface area contributed by atoms with Crippen molar-refractivity contribution in [3.63, 3.8) is 0 Å². The van der Waals surface area contributed by atoms with Crippen LogP contribution in [0.2, 0.25) is 0 Å². The Morgan fingerprint density at radius 2 is 2.11 bits per heavy atom. The number of carbonyl (C=O) groups excluding carboxylic acids is 1. The van der Waals surface area contributed by atoms with E-state index in [0.29, 0.717) is 19.7 Å². The monoisotopic (exact) mass is 284 g/mol. The predicted octanol–water partition coefficient (Wildman–Crippen LogP) is 1.23. The highest BCUT2D eigenvalue weighted by Gasteiger charge is 2.19. The molecule has 106 valence electrons. The van der Waals surface area contributed by atoms with Crippen LogP contribution in [0.5, 0.6) is 0 Å². The molecule has 1 aliphatic rings. The Balaban J connectivity index is 0.00000180. The summed E-state index contributed by atoms with van der Waals surface area (Å²) in [5.74, 6) is 0.167. The van der Waals surface area contributed by atoms with E-state index in [0.717, 1.165) is 19.5 Å². The molecule has 1 N–H and O–H groups in total. The number of benzene rings is 1. The van der Waals surface area contributed by atoms with E-state index in [4.69, 9.17) is 4.74 Å². The SMILES string of the molecule is COCCNCC(=O)N1CCc2ccccc2C1.Cl. The van der Waals surface area contributed by atoms with Gasteiger partial charge in [0.05, 0.1) is 13.2 Å². The number of halogens is 1. The Hall–Kier alpha value is -1.10. The number of fused-ring (bicyclic) bond motifs is 1. The van der Waals surface area contributed by atoms with E-state index >= 15 is 0 Å². The van der Waals surface area contributed by atoms with Gasteiger partial charge in [-0.1, -0.05) is 24.3 Å². The quantitative estimate of drug-likeness (QED) is 0.827. The summed E-state index contributed by atoms with van der Waals surface area (Å²) in [4.78, 5) is 13.9. The highest BCUT2D eigenvalue weighted by Crippen LogP contribution is 2.18. The van der Waals surface area contributed by atoms with E-state index in [1.165, 1.54) is 11.1 Å². The number of hydrogen-bond donors (Lipinski definition) is 1. The Kier molecular flexibility index (Phi) is 6.84. The van der Waals surface area contributed by atoms with Crippen molar-refractivity contribution in [2.24, 2.45) is 0 Å². The van der Waals surface area contributed by atoms with Crippen molar-refractivity contribution in [3.8, 4) is 0 Å². The van der Waals surface area contributed by atoms with Crippen molar-refractivity contribution in [1.29, 1.82) is 0 Å². The number of nitrogens with one attached hydrogen (secondary N) is 1. The van der Waals surface area contributed by atoms with Crippen LogP contribution in [0.1, 0.15) is 11.1 Å². The zero-order chi connectivity index (χ0) is 12.8. The molecule has 1 aromatic carbocycles. The van der Waals surface area contributed by atoms with Crippen LogP contribution in [0.4, 0.5) is 0 Å². The molecule has 1 heterocycles. The molecule has 4 nitrogen and oxygen atoms in total. The summed E-state index contributed by atoms with van der Waals surface area (Å²) in [6, 6.07) is 8.34. The van der Waals surface area contributed by atoms with Crippen molar-refractivity contribution in [3.05, 3.63) is 35.4 Å². The largest absolute Gasteiger partial charge is 0.383 e. The lowest BCUT2D eigenvalue weighted by molar-refractivity contribution is -0.131. The summed E-state index contributed by atoms with van der Waals surface area (Å²) in [6.45, 7) is 3.30. The van der Waals surface area contributed by atoms with Crippen molar-refractivity contribution in [2.45, 2.75) is 13.0 Å². The van der Waals surface area contributed by atoms with Gasteiger partial charge in [0.15, 0.2) is 0 Å². The first-order chi connectivity index (χ1) is 8.81. The second kappa shape index (κ2) is 8.15. The minimum Gasteiger partial charge on any atom is -0.383 e. The molecule has 0 saturated carbocycles. The molecule has 1 amide bonds. The van der Waals surface area contributed by atoms with Crippen molar-refractivity contribution >= 4 is 18.3 Å². The molecule has 1 aromatic rings. The first kappa shape index (κ1) is 16.0. The van der Waals surface area contributed by atoms with E-state index in [-0.39, 0.29) is 18.3 Å². The van der Waals surface area contributed by atoms with Crippen LogP contribution >= 0.6 is 12.4 Å². The molecular weight excluding hydrogens is 264 g/mol. The van der Waals surface area contributed by atoms with Gasteiger partial charge in [-0.25, -0.2) is 0 Å². The molecular formula is C14H21ClN2O2. The Morgan fingerprint density at radius 1 is 1.37 bits per heavy atom. The smallest absolute Gasteiger partial charge is 0.236 e. The number of hydrogen-bond acceptors (Lipinski definition) is 3. The van der Waals surface area contributed by atoms with Gasteiger partial charge in [-0.05, 0) is 17.5 Å². The molecule has 0 fully saturated rings.